The fourth-order valence-corrected chi connectivity index (χ4v) is 5.31. The van der Waals surface area contributed by atoms with Crippen LogP contribution in [-0.2, 0) is 38.0 Å². The Labute approximate surface area is 220 Å². The molecule has 1 aliphatic heterocycles. The Morgan fingerprint density at radius 3 is 2.54 bits per heavy atom. The van der Waals surface area contributed by atoms with Gasteiger partial charge >= 0.3 is 19.7 Å². The second-order valence-electron chi connectivity index (χ2n) is 10.4. The molecule has 0 aliphatic carbocycles. The second kappa shape index (κ2) is 13.1. The molecule has 1 aromatic carbocycles. The van der Waals surface area contributed by atoms with Crippen LogP contribution in [-0.4, -0.2) is 48.0 Å². The summed E-state index contributed by atoms with van der Waals surface area (Å²) in [6, 6.07) is 0. The average molecular weight is 540 g/mol. The molecule has 1 heterocycles. The number of allylic oxidation sites excluding steroid dienone is 1. The first-order chi connectivity index (χ1) is 17.2. The Balaban J connectivity index is 2.23. The predicted octanol–water partition coefficient (Wildman–Crippen LogP) is 5.62. The van der Waals surface area contributed by atoms with Crippen molar-refractivity contribution in [1.82, 2.24) is 5.32 Å². The number of nitrogens with one attached hydrogen (secondary N) is 1. The summed E-state index contributed by atoms with van der Waals surface area (Å²) in [4.78, 5) is 35.2. The number of fused-ring (bicyclic) bond motifs is 1. The summed E-state index contributed by atoms with van der Waals surface area (Å²) < 4.78 is 33.7. The Hall–Kier alpha value is -2.19. The molecule has 0 fully saturated rings. The van der Waals surface area contributed by atoms with Crippen LogP contribution in [0.25, 0.3) is 0 Å². The molecule has 0 aromatic heterocycles. The van der Waals surface area contributed by atoms with Crippen LogP contribution in [0.1, 0.15) is 87.5 Å². The van der Waals surface area contributed by atoms with Gasteiger partial charge in [-0.2, -0.15) is 0 Å². The van der Waals surface area contributed by atoms with E-state index in [0.29, 0.717) is 32.4 Å². The topological polar surface area (TPSA) is 120 Å². The second-order valence-corrected chi connectivity index (χ2v) is 12.3. The number of ether oxygens (including phenoxy) is 3. The van der Waals surface area contributed by atoms with Crippen molar-refractivity contribution in [1.29, 1.82) is 0 Å². The van der Waals surface area contributed by atoms with E-state index in [1.54, 1.807) is 27.7 Å². The number of rotatable bonds is 12. The van der Waals surface area contributed by atoms with Crippen molar-refractivity contribution in [2.24, 2.45) is 0 Å². The molecule has 9 nitrogen and oxygen atoms in total. The molecule has 0 saturated carbocycles. The molecule has 10 heteroatoms. The van der Waals surface area contributed by atoms with Gasteiger partial charge in [-0.05, 0) is 71.9 Å². The van der Waals surface area contributed by atoms with Crippen molar-refractivity contribution in [3.63, 3.8) is 0 Å². The highest BCUT2D eigenvalue weighted by Gasteiger charge is 2.34. The van der Waals surface area contributed by atoms with Crippen LogP contribution in [0, 0.1) is 6.92 Å². The van der Waals surface area contributed by atoms with Crippen LogP contribution in [0.2, 0.25) is 0 Å². The fraction of sp³-hybridized carbons (Fsp3) is 0.630. The Morgan fingerprint density at radius 1 is 1.27 bits per heavy atom. The van der Waals surface area contributed by atoms with Gasteiger partial charge in [0.2, 0.25) is 0 Å². The van der Waals surface area contributed by atoms with Crippen molar-refractivity contribution < 1.29 is 37.8 Å². The first-order valence-electron chi connectivity index (χ1n) is 12.8. The number of hydrogen-bond donors (Lipinski definition) is 2. The summed E-state index contributed by atoms with van der Waals surface area (Å²) in [5.41, 5.74) is 3.94. The fourth-order valence-electron chi connectivity index (χ4n) is 4.05. The van der Waals surface area contributed by atoms with Crippen molar-refractivity contribution in [2.45, 2.75) is 93.0 Å². The largest absolute Gasteiger partial charge is 0.514 e. The minimum atomic E-state index is -3.64. The number of benzene rings is 1. The molecule has 2 atom stereocenters. The first-order valence-corrected chi connectivity index (χ1v) is 14.6. The van der Waals surface area contributed by atoms with E-state index in [4.69, 9.17) is 18.7 Å². The maximum Gasteiger partial charge on any atom is 0.514 e. The molecule has 2 unspecified atom stereocenters. The molecule has 37 heavy (non-hydrogen) atoms. The maximum atomic E-state index is 12.6. The Bertz CT molecular complexity index is 1070. The molecule has 1 aliphatic rings. The van der Waals surface area contributed by atoms with Crippen LogP contribution in [0.15, 0.2) is 11.6 Å². The third kappa shape index (κ3) is 8.95. The summed E-state index contributed by atoms with van der Waals surface area (Å²) in [5, 5.41) is 3.17. The van der Waals surface area contributed by atoms with Crippen LogP contribution in [0.5, 0.6) is 5.75 Å². The van der Waals surface area contributed by atoms with Gasteiger partial charge in [-0.1, -0.05) is 25.5 Å². The quantitative estimate of drug-likeness (QED) is 0.115. The lowest BCUT2D eigenvalue weighted by Crippen LogP contribution is -2.27. The molecule has 0 spiro atoms. The van der Waals surface area contributed by atoms with Gasteiger partial charge < -0.3 is 28.9 Å². The van der Waals surface area contributed by atoms with Gasteiger partial charge in [-0.3, -0.25) is 4.57 Å². The van der Waals surface area contributed by atoms with Crippen molar-refractivity contribution in [3.05, 3.63) is 39.5 Å². The average Bonchev–Trinajstić information content (AvgIpc) is 3.17. The van der Waals surface area contributed by atoms with Crippen LogP contribution >= 0.6 is 7.60 Å². The summed E-state index contributed by atoms with van der Waals surface area (Å²) in [5.74, 6) is -0.328. The normalized spacial score (nSPS) is 16.1. The van der Waals surface area contributed by atoms with E-state index >= 15 is 0 Å². The van der Waals surface area contributed by atoms with Gasteiger partial charge in [0.15, 0.2) is 5.75 Å². The van der Waals surface area contributed by atoms with Crippen LogP contribution in [0.3, 0.4) is 0 Å². The Morgan fingerprint density at radius 2 is 1.95 bits per heavy atom. The molecule has 1 aromatic rings. The smallest absolute Gasteiger partial charge is 0.457 e. The van der Waals surface area contributed by atoms with Gasteiger partial charge in [0.25, 0.3) is 0 Å². The molecular formula is C27H42NO8P. The molecule has 0 bridgehead atoms. The van der Waals surface area contributed by atoms with E-state index in [1.807, 2.05) is 33.8 Å². The zero-order valence-electron chi connectivity index (χ0n) is 23.4. The minimum absolute atomic E-state index is 0.0185. The lowest BCUT2D eigenvalue weighted by molar-refractivity contribution is 0.0202. The van der Waals surface area contributed by atoms with Gasteiger partial charge in [0.1, 0.15) is 17.8 Å². The number of hydrogen-bond acceptors (Lipinski definition) is 8. The Kier molecular flexibility index (Phi) is 10.9. The van der Waals surface area contributed by atoms with E-state index in [-0.39, 0.29) is 30.2 Å². The number of esters is 1. The maximum absolute atomic E-state index is 12.6. The molecule has 0 amide bonds. The van der Waals surface area contributed by atoms with Crippen molar-refractivity contribution in [2.75, 3.05) is 19.3 Å². The zero-order valence-corrected chi connectivity index (χ0v) is 24.3. The molecule has 0 radical (unpaired) electrons. The number of carbonyl (C=O) groups excluding carboxylic acids is 2. The van der Waals surface area contributed by atoms with Gasteiger partial charge in [-0.25, -0.2) is 9.59 Å². The predicted molar refractivity (Wildman–Crippen MR) is 142 cm³/mol. The highest BCUT2D eigenvalue weighted by atomic mass is 31.2. The minimum Gasteiger partial charge on any atom is -0.457 e. The van der Waals surface area contributed by atoms with Gasteiger partial charge in [0, 0.05) is 24.2 Å². The SMILES string of the molecule is CCc1c(C)c2c(c(OC(=O)OC(C)(C)C)c1CC=C(C)CNCCP(=O)(O)OC(C)CC)C(=O)OC2. The van der Waals surface area contributed by atoms with E-state index in [1.165, 1.54) is 0 Å². The number of carbonyl (C=O) groups is 2. The summed E-state index contributed by atoms with van der Waals surface area (Å²) >= 11 is 0. The number of cyclic esters (lactones) is 1. The molecule has 208 valence electrons. The van der Waals surface area contributed by atoms with Crippen LogP contribution < -0.4 is 10.1 Å². The monoisotopic (exact) mass is 539 g/mol. The van der Waals surface area contributed by atoms with E-state index in [2.05, 4.69) is 5.32 Å². The third-order valence-electron chi connectivity index (χ3n) is 6.10. The third-order valence-corrected chi connectivity index (χ3v) is 7.58. The lowest BCUT2D eigenvalue weighted by atomic mass is 9.89. The van der Waals surface area contributed by atoms with E-state index < -0.39 is 25.3 Å². The van der Waals surface area contributed by atoms with E-state index in [9.17, 15) is 19.0 Å². The summed E-state index contributed by atoms with van der Waals surface area (Å²) in [7, 11) is -3.64. The summed E-state index contributed by atoms with van der Waals surface area (Å²) in [6.07, 6.45) is 2.63. The van der Waals surface area contributed by atoms with Gasteiger partial charge in [0.05, 0.1) is 12.3 Å². The van der Waals surface area contributed by atoms with Crippen molar-refractivity contribution >= 4 is 19.7 Å². The van der Waals surface area contributed by atoms with Crippen molar-refractivity contribution in [3.8, 4) is 5.75 Å². The molecular weight excluding hydrogens is 497 g/mol. The first kappa shape index (κ1) is 31.0. The van der Waals surface area contributed by atoms with Gasteiger partial charge in [-0.15, -0.1) is 0 Å². The highest BCUT2D eigenvalue weighted by Crippen LogP contribution is 2.43. The zero-order chi connectivity index (χ0) is 28.0. The lowest BCUT2D eigenvalue weighted by Gasteiger charge is -2.22. The standard InChI is InChI=1S/C27H42NO8P/c1-9-18(4)36-37(31,32)14-13-28-15-17(3)11-12-21-20(10-2)19(5)22-16-33-25(29)23(22)24(21)34-26(30)35-27(6,7)8/h11,18,28H,9-10,12-16H2,1-8H3,(H,31,32). The summed E-state index contributed by atoms with van der Waals surface area (Å²) in [6.45, 7) is 15.8. The van der Waals surface area contributed by atoms with E-state index in [0.717, 1.165) is 27.8 Å². The molecule has 2 N–H and O–H groups in total. The molecule has 2 rings (SSSR count). The highest BCUT2D eigenvalue weighted by molar-refractivity contribution is 7.52. The molecule has 0 saturated heterocycles. The van der Waals surface area contributed by atoms with Crippen LogP contribution in [0.4, 0.5) is 4.79 Å².